The molecule has 0 bridgehead atoms. The number of nitrogens with zero attached hydrogens (tertiary/aromatic N) is 2. The van der Waals surface area contributed by atoms with Crippen LogP contribution in [-0.2, 0) is 19.6 Å². The second kappa shape index (κ2) is 10.6. The number of amides is 1. The van der Waals surface area contributed by atoms with E-state index in [0.717, 1.165) is 10.6 Å². The van der Waals surface area contributed by atoms with Gasteiger partial charge in [0, 0.05) is 5.02 Å². The van der Waals surface area contributed by atoms with Crippen molar-refractivity contribution < 1.29 is 32.2 Å². The zero-order valence-corrected chi connectivity index (χ0v) is 18.4. The van der Waals surface area contributed by atoms with E-state index in [0.29, 0.717) is 10.6 Å². The lowest BCUT2D eigenvalue weighted by atomic mass is 10.2. The molecule has 0 heterocycles. The van der Waals surface area contributed by atoms with Gasteiger partial charge in [-0.15, -0.1) is 0 Å². The van der Waals surface area contributed by atoms with Crippen molar-refractivity contribution in [1.29, 1.82) is 0 Å². The molecule has 0 saturated heterocycles. The summed E-state index contributed by atoms with van der Waals surface area (Å²) < 4.78 is 39.6. The Balaban J connectivity index is 2.08. The molecular weight excluding hydrogens is 450 g/mol. The van der Waals surface area contributed by atoms with Gasteiger partial charge in [0.25, 0.3) is 5.91 Å². The Labute approximate surface area is 184 Å². The van der Waals surface area contributed by atoms with Gasteiger partial charge in [-0.2, -0.15) is 5.10 Å². The molecule has 2 aromatic rings. The molecule has 1 amide bonds. The number of benzene rings is 2. The third-order valence-electron chi connectivity index (χ3n) is 3.73. The summed E-state index contributed by atoms with van der Waals surface area (Å²) in [5.41, 5.74) is 3.02. The van der Waals surface area contributed by atoms with Crippen molar-refractivity contribution in [1.82, 2.24) is 5.43 Å². The standard InChI is InChI=1S/C19H20ClN3O7S/c1-28-17-9-13(7-8-16(17)30-19(25)29-2)11-21-22-18(24)12-23(31(3,26)27)15-6-4-5-14(20)10-15/h4-11H,12H2,1-3H3,(H,22,24)/b21-11-. The number of rotatable bonds is 8. The maximum absolute atomic E-state index is 12.2. The van der Waals surface area contributed by atoms with Crippen molar-refractivity contribution in [2.75, 3.05) is 31.3 Å². The molecule has 2 aromatic carbocycles. The Morgan fingerprint density at radius 1 is 1.16 bits per heavy atom. The van der Waals surface area contributed by atoms with Crippen LogP contribution in [0, 0.1) is 0 Å². The largest absolute Gasteiger partial charge is 0.513 e. The van der Waals surface area contributed by atoms with Gasteiger partial charge in [0.05, 0.1) is 32.4 Å². The second-order valence-electron chi connectivity index (χ2n) is 6.01. The normalized spacial score (nSPS) is 11.1. The van der Waals surface area contributed by atoms with Gasteiger partial charge in [0.1, 0.15) is 6.54 Å². The van der Waals surface area contributed by atoms with Gasteiger partial charge in [0.15, 0.2) is 11.5 Å². The average Bonchev–Trinajstić information content (AvgIpc) is 2.72. The summed E-state index contributed by atoms with van der Waals surface area (Å²) in [7, 11) is -1.18. The van der Waals surface area contributed by atoms with Crippen LogP contribution in [0.1, 0.15) is 5.56 Å². The van der Waals surface area contributed by atoms with Gasteiger partial charge in [-0.25, -0.2) is 18.6 Å². The Morgan fingerprint density at radius 2 is 1.90 bits per heavy atom. The van der Waals surface area contributed by atoms with Gasteiger partial charge in [0.2, 0.25) is 10.0 Å². The topological polar surface area (TPSA) is 124 Å². The fourth-order valence-corrected chi connectivity index (χ4v) is 3.39. The van der Waals surface area contributed by atoms with Crippen molar-refractivity contribution in [3.8, 4) is 11.5 Å². The van der Waals surface area contributed by atoms with Crippen molar-refractivity contribution >= 4 is 45.6 Å². The van der Waals surface area contributed by atoms with Crippen molar-refractivity contribution in [3.05, 3.63) is 53.1 Å². The summed E-state index contributed by atoms with van der Waals surface area (Å²) in [5, 5.41) is 4.14. The summed E-state index contributed by atoms with van der Waals surface area (Å²) in [6.07, 6.45) is 1.39. The van der Waals surface area contributed by atoms with Crippen molar-refractivity contribution in [3.63, 3.8) is 0 Å². The molecule has 0 atom stereocenters. The Bertz CT molecular complexity index is 1090. The van der Waals surface area contributed by atoms with Crippen LogP contribution in [0.25, 0.3) is 0 Å². The third-order valence-corrected chi connectivity index (χ3v) is 5.11. The molecule has 31 heavy (non-hydrogen) atoms. The molecule has 12 heteroatoms. The van der Waals surface area contributed by atoms with E-state index < -0.39 is 28.6 Å². The maximum Gasteiger partial charge on any atom is 0.513 e. The first-order valence-electron chi connectivity index (χ1n) is 8.63. The number of nitrogens with one attached hydrogen (secondary N) is 1. The minimum absolute atomic E-state index is 0.140. The second-order valence-corrected chi connectivity index (χ2v) is 8.35. The summed E-state index contributed by atoms with van der Waals surface area (Å²) in [6, 6.07) is 10.7. The van der Waals surface area contributed by atoms with E-state index >= 15 is 0 Å². The van der Waals surface area contributed by atoms with E-state index in [-0.39, 0.29) is 17.2 Å². The number of halogens is 1. The first kappa shape index (κ1) is 24.0. The zero-order chi connectivity index (χ0) is 23.0. The van der Waals surface area contributed by atoms with Crippen LogP contribution in [0.2, 0.25) is 5.02 Å². The van der Waals surface area contributed by atoms with E-state index in [9.17, 15) is 18.0 Å². The first-order chi connectivity index (χ1) is 14.6. The number of ether oxygens (including phenoxy) is 3. The molecule has 10 nitrogen and oxygen atoms in total. The molecule has 2 rings (SSSR count). The molecule has 0 fully saturated rings. The van der Waals surface area contributed by atoms with E-state index in [4.69, 9.17) is 21.1 Å². The molecule has 0 saturated carbocycles. The number of carbonyl (C=O) groups excluding carboxylic acids is 2. The molecule has 1 N–H and O–H groups in total. The average molecular weight is 470 g/mol. The predicted molar refractivity (Wildman–Crippen MR) is 115 cm³/mol. The summed E-state index contributed by atoms with van der Waals surface area (Å²) in [6.45, 7) is -0.494. The highest BCUT2D eigenvalue weighted by Gasteiger charge is 2.21. The van der Waals surface area contributed by atoms with Crippen LogP contribution < -0.4 is 19.2 Å². The number of anilines is 1. The van der Waals surface area contributed by atoms with Gasteiger partial charge >= 0.3 is 6.16 Å². The Kier molecular flexibility index (Phi) is 8.22. The van der Waals surface area contributed by atoms with Crippen LogP contribution in [0.3, 0.4) is 0 Å². The van der Waals surface area contributed by atoms with Crippen LogP contribution in [0.5, 0.6) is 11.5 Å². The fraction of sp³-hybridized carbons (Fsp3) is 0.211. The SMILES string of the molecule is COC(=O)Oc1ccc(/C=N\NC(=O)CN(c2cccc(Cl)c2)S(C)(=O)=O)cc1OC. The van der Waals surface area contributed by atoms with Crippen LogP contribution in [0.15, 0.2) is 47.6 Å². The number of carbonyl (C=O) groups is 2. The lowest BCUT2D eigenvalue weighted by molar-refractivity contribution is -0.119. The molecule has 0 aromatic heterocycles. The lowest BCUT2D eigenvalue weighted by Gasteiger charge is -2.21. The fourth-order valence-electron chi connectivity index (χ4n) is 2.36. The quantitative estimate of drug-likeness (QED) is 0.272. The molecule has 0 radical (unpaired) electrons. The monoisotopic (exact) mass is 469 g/mol. The Morgan fingerprint density at radius 3 is 2.52 bits per heavy atom. The highest BCUT2D eigenvalue weighted by molar-refractivity contribution is 7.92. The third kappa shape index (κ3) is 7.15. The van der Waals surface area contributed by atoms with Gasteiger partial charge in [-0.1, -0.05) is 17.7 Å². The van der Waals surface area contributed by atoms with E-state index in [1.165, 1.54) is 44.7 Å². The number of hydrazone groups is 1. The van der Waals surface area contributed by atoms with Crippen LogP contribution in [-0.4, -0.2) is 53.7 Å². The van der Waals surface area contributed by atoms with Gasteiger partial charge in [-0.05, 0) is 42.0 Å². The van der Waals surface area contributed by atoms with Crippen molar-refractivity contribution in [2.24, 2.45) is 5.10 Å². The molecule has 166 valence electrons. The lowest BCUT2D eigenvalue weighted by Crippen LogP contribution is -2.39. The highest BCUT2D eigenvalue weighted by atomic mass is 35.5. The van der Waals surface area contributed by atoms with Gasteiger partial charge < -0.3 is 14.2 Å². The molecule has 0 aliphatic rings. The first-order valence-corrected chi connectivity index (χ1v) is 10.9. The van der Waals surface area contributed by atoms with E-state index in [1.54, 1.807) is 18.2 Å². The molecule has 0 aliphatic heterocycles. The molecule has 0 spiro atoms. The van der Waals surface area contributed by atoms with Gasteiger partial charge in [-0.3, -0.25) is 9.10 Å². The summed E-state index contributed by atoms with van der Waals surface area (Å²) in [5.74, 6) is -0.287. The number of methoxy groups -OCH3 is 2. The maximum atomic E-state index is 12.2. The highest BCUT2D eigenvalue weighted by Crippen LogP contribution is 2.28. The summed E-state index contributed by atoms with van der Waals surface area (Å²) >= 11 is 5.91. The minimum atomic E-state index is -3.74. The molecular formula is C19H20ClN3O7S. The minimum Gasteiger partial charge on any atom is -0.493 e. The van der Waals surface area contributed by atoms with Crippen LogP contribution in [0.4, 0.5) is 10.5 Å². The van der Waals surface area contributed by atoms with Crippen molar-refractivity contribution in [2.45, 2.75) is 0 Å². The summed E-state index contributed by atoms with van der Waals surface area (Å²) in [4.78, 5) is 23.5. The predicted octanol–water partition coefficient (Wildman–Crippen LogP) is 2.41. The molecule has 0 aliphatic carbocycles. The number of sulfonamides is 1. The zero-order valence-electron chi connectivity index (χ0n) is 16.9. The Hall–Kier alpha value is -3.31. The smallest absolute Gasteiger partial charge is 0.493 e. The molecule has 0 unspecified atom stereocenters. The number of hydrogen-bond acceptors (Lipinski definition) is 8. The number of hydrogen-bond donors (Lipinski definition) is 1. The van der Waals surface area contributed by atoms with E-state index in [1.807, 2.05) is 0 Å². The van der Waals surface area contributed by atoms with E-state index in [2.05, 4.69) is 15.3 Å². The van der Waals surface area contributed by atoms with Crippen LogP contribution >= 0.6 is 11.6 Å².